The average molecular weight is 294 g/mol. The van der Waals surface area contributed by atoms with E-state index in [1.165, 1.54) is 0 Å². The summed E-state index contributed by atoms with van der Waals surface area (Å²) in [4.78, 5) is 14.3. The average Bonchev–Trinajstić information content (AvgIpc) is 2.79. The minimum Gasteiger partial charge on any atom is -0.451 e. The van der Waals surface area contributed by atoms with Crippen molar-refractivity contribution < 1.29 is 13.9 Å². The van der Waals surface area contributed by atoms with E-state index in [1.54, 1.807) is 29.2 Å². The van der Waals surface area contributed by atoms with Gasteiger partial charge in [0.15, 0.2) is 5.76 Å². The van der Waals surface area contributed by atoms with Gasteiger partial charge in [-0.1, -0.05) is 11.6 Å². The lowest BCUT2D eigenvalue weighted by molar-refractivity contribution is -0.0591. The molecule has 2 heterocycles. The summed E-state index contributed by atoms with van der Waals surface area (Å²) in [6.07, 6.45) is 0.0862. The van der Waals surface area contributed by atoms with Gasteiger partial charge in [0, 0.05) is 23.5 Å². The number of halogens is 1. The van der Waals surface area contributed by atoms with Crippen LogP contribution in [0.15, 0.2) is 28.7 Å². The molecule has 20 heavy (non-hydrogen) atoms. The van der Waals surface area contributed by atoms with Crippen LogP contribution in [0.4, 0.5) is 0 Å². The predicted octanol–water partition coefficient (Wildman–Crippen LogP) is 3.34. The molecule has 1 aliphatic heterocycles. The zero-order chi connectivity index (χ0) is 14.3. The van der Waals surface area contributed by atoms with Crippen molar-refractivity contribution in [2.75, 3.05) is 13.1 Å². The van der Waals surface area contributed by atoms with Crippen LogP contribution in [-0.4, -0.2) is 36.1 Å². The second-order valence-corrected chi connectivity index (χ2v) is 5.70. The Labute approximate surface area is 122 Å². The van der Waals surface area contributed by atoms with Crippen molar-refractivity contribution in [3.63, 3.8) is 0 Å². The van der Waals surface area contributed by atoms with E-state index in [2.05, 4.69) is 0 Å². The number of nitrogens with zero attached hydrogens (tertiary/aromatic N) is 1. The summed E-state index contributed by atoms with van der Waals surface area (Å²) in [5.41, 5.74) is 0.673. The Kier molecular flexibility index (Phi) is 3.44. The molecule has 1 amide bonds. The molecule has 4 nitrogen and oxygen atoms in total. The Bertz CT molecular complexity index is 642. The molecule has 0 saturated carbocycles. The van der Waals surface area contributed by atoms with Crippen LogP contribution in [0.5, 0.6) is 0 Å². The van der Waals surface area contributed by atoms with Gasteiger partial charge < -0.3 is 14.1 Å². The molecule has 2 unspecified atom stereocenters. The minimum atomic E-state index is -0.0978. The van der Waals surface area contributed by atoms with E-state index in [-0.39, 0.29) is 18.1 Å². The molecule has 0 spiro atoms. The smallest absolute Gasteiger partial charge is 0.289 e. The first-order valence-electron chi connectivity index (χ1n) is 6.67. The van der Waals surface area contributed by atoms with Crippen LogP contribution >= 0.6 is 11.6 Å². The number of hydrogen-bond acceptors (Lipinski definition) is 3. The Morgan fingerprint density at radius 3 is 2.65 bits per heavy atom. The largest absolute Gasteiger partial charge is 0.451 e. The van der Waals surface area contributed by atoms with E-state index >= 15 is 0 Å². The molecule has 0 radical (unpaired) electrons. The molecule has 3 rings (SSSR count). The van der Waals surface area contributed by atoms with Crippen LogP contribution in [0, 0.1) is 0 Å². The Morgan fingerprint density at radius 2 is 1.95 bits per heavy atom. The molecule has 1 aromatic heterocycles. The molecule has 1 aromatic carbocycles. The third kappa shape index (κ3) is 2.53. The maximum absolute atomic E-state index is 12.5. The predicted molar refractivity (Wildman–Crippen MR) is 77.1 cm³/mol. The van der Waals surface area contributed by atoms with Gasteiger partial charge in [-0.25, -0.2) is 0 Å². The van der Waals surface area contributed by atoms with Gasteiger partial charge >= 0.3 is 0 Å². The lowest BCUT2D eigenvalue weighted by atomic mass is 10.2. The molecule has 0 N–H and O–H groups in total. The van der Waals surface area contributed by atoms with Gasteiger partial charge in [-0.2, -0.15) is 0 Å². The monoisotopic (exact) mass is 293 g/mol. The van der Waals surface area contributed by atoms with Gasteiger partial charge in [-0.3, -0.25) is 4.79 Å². The first kappa shape index (κ1) is 13.5. The number of carbonyl (C=O) groups excluding carboxylic acids is 1. The maximum Gasteiger partial charge on any atom is 0.289 e. The lowest BCUT2D eigenvalue weighted by Crippen LogP contribution is -2.48. The first-order valence-corrected chi connectivity index (χ1v) is 7.04. The third-order valence-electron chi connectivity index (χ3n) is 3.40. The molecule has 1 aliphatic rings. The van der Waals surface area contributed by atoms with Gasteiger partial charge in [-0.05, 0) is 38.1 Å². The van der Waals surface area contributed by atoms with Gasteiger partial charge in [0.2, 0.25) is 0 Å². The van der Waals surface area contributed by atoms with Crippen molar-refractivity contribution in [3.05, 3.63) is 35.0 Å². The summed E-state index contributed by atoms with van der Waals surface area (Å²) < 4.78 is 11.3. The van der Waals surface area contributed by atoms with E-state index in [1.807, 2.05) is 13.8 Å². The third-order valence-corrected chi connectivity index (χ3v) is 3.63. The number of benzene rings is 1. The maximum atomic E-state index is 12.5. The summed E-state index contributed by atoms with van der Waals surface area (Å²) in [5, 5.41) is 1.47. The molecule has 1 fully saturated rings. The van der Waals surface area contributed by atoms with Crippen LogP contribution < -0.4 is 0 Å². The van der Waals surface area contributed by atoms with Crippen molar-refractivity contribution in [1.82, 2.24) is 4.90 Å². The molecular formula is C15H16ClNO3. The van der Waals surface area contributed by atoms with Crippen LogP contribution in [0.25, 0.3) is 11.0 Å². The number of ether oxygens (including phenoxy) is 1. The topological polar surface area (TPSA) is 42.7 Å². The summed E-state index contributed by atoms with van der Waals surface area (Å²) in [5.74, 6) is 0.253. The Morgan fingerprint density at radius 1 is 1.25 bits per heavy atom. The van der Waals surface area contributed by atoms with Gasteiger partial charge in [-0.15, -0.1) is 0 Å². The number of amides is 1. The van der Waals surface area contributed by atoms with Crippen LogP contribution in [0.2, 0.25) is 5.02 Å². The number of morpholine rings is 1. The second-order valence-electron chi connectivity index (χ2n) is 5.26. The van der Waals surface area contributed by atoms with Crippen molar-refractivity contribution in [2.45, 2.75) is 26.1 Å². The van der Waals surface area contributed by atoms with Crippen LogP contribution in [0.1, 0.15) is 24.4 Å². The number of furan rings is 1. The lowest BCUT2D eigenvalue weighted by Gasteiger charge is -2.34. The van der Waals surface area contributed by atoms with Crippen molar-refractivity contribution in [3.8, 4) is 0 Å². The first-order chi connectivity index (χ1) is 9.52. The highest BCUT2D eigenvalue weighted by molar-refractivity contribution is 6.31. The van der Waals surface area contributed by atoms with E-state index in [0.717, 1.165) is 5.39 Å². The van der Waals surface area contributed by atoms with E-state index < -0.39 is 0 Å². The Hall–Kier alpha value is -1.52. The van der Waals surface area contributed by atoms with Gasteiger partial charge in [0.25, 0.3) is 5.91 Å². The summed E-state index contributed by atoms with van der Waals surface area (Å²) in [6.45, 7) is 5.10. The number of rotatable bonds is 1. The second kappa shape index (κ2) is 5.11. The highest BCUT2D eigenvalue weighted by Crippen LogP contribution is 2.24. The molecular weight excluding hydrogens is 278 g/mol. The molecule has 2 atom stereocenters. The van der Waals surface area contributed by atoms with Crippen LogP contribution in [-0.2, 0) is 4.74 Å². The quantitative estimate of drug-likeness (QED) is 0.810. The van der Waals surface area contributed by atoms with Crippen LogP contribution in [0.3, 0.4) is 0 Å². The minimum absolute atomic E-state index is 0.0431. The summed E-state index contributed by atoms with van der Waals surface area (Å²) in [6, 6.07) is 7.07. The van der Waals surface area contributed by atoms with Crippen molar-refractivity contribution in [2.24, 2.45) is 0 Å². The fraction of sp³-hybridized carbons (Fsp3) is 0.400. The molecule has 5 heteroatoms. The fourth-order valence-electron chi connectivity index (χ4n) is 2.62. The van der Waals surface area contributed by atoms with E-state index in [0.29, 0.717) is 29.5 Å². The standard InChI is InChI=1S/C15H16ClNO3/c1-9-7-17(8-10(2)19-9)15(18)14-6-11-5-12(16)3-4-13(11)20-14/h3-6,9-10H,7-8H2,1-2H3. The van der Waals surface area contributed by atoms with Crippen molar-refractivity contribution >= 4 is 28.5 Å². The summed E-state index contributed by atoms with van der Waals surface area (Å²) in [7, 11) is 0. The number of carbonyl (C=O) groups is 1. The van der Waals surface area contributed by atoms with Crippen molar-refractivity contribution in [1.29, 1.82) is 0 Å². The van der Waals surface area contributed by atoms with Gasteiger partial charge in [0.1, 0.15) is 5.58 Å². The fourth-order valence-corrected chi connectivity index (χ4v) is 2.80. The van der Waals surface area contributed by atoms with Gasteiger partial charge in [0.05, 0.1) is 12.2 Å². The zero-order valence-electron chi connectivity index (χ0n) is 11.4. The SMILES string of the molecule is CC1CN(C(=O)c2cc3cc(Cl)ccc3o2)CC(C)O1. The molecule has 2 aromatic rings. The highest BCUT2D eigenvalue weighted by Gasteiger charge is 2.28. The molecule has 0 aliphatic carbocycles. The zero-order valence-corrected chi connectivity index (χ0v) is 12.2. The molecule has 1 saturated heterocycles. The molecule has 106 valence electrons. The van der Waals surface area contributed by atoms with E-state index in [9.17, 15) is 4.79 Å². The summed E-state index contributed by atoms with van der Waals surface area (Å²) >= 11 is 5.94. The van der Waals surface area contributed by atoms with E-state index in [4.69, 9.17) is 20.8 Å². The number of fused-ring (bicyclic) bond motifs is 1. The highest BCUT2D eigenvalue weighted by atomic mass is 35.5. The molecule has 0 bridgehead atoms. The Balaban J connectivity index is 1.88. The number of hydrogen-bond donors (Lipinski definition) is 0. The normalized spacial score (nSPS) is 23.2.